The van der Waals surface area contributed by atoms with Crippen LogP contribution < -0.4 is 9.47 Å². The van der Waals surface area contributed by atoms with E-state index in [9.17, 15) is 4.79 Å². The molecule has 0 unspecified atom stereocenters. The number of ether oxygens (including phenoxy) is 2. The molecule has 4 aromatic rings. The summed E-state index contributed by atoms with van der Waals surface area (Å²) in [7, 11) is 0. The van der Waals surface area contributed by atoms with Crippen LogP contribution in [0.3, 0.4) is 0 Å². The van der Waals surface area contributed by atoms with Crippen molar-refractivity contribution in [2.24, 2.45) is 0 Å². The van der Waals surface area contributed by atoms with Gasteiger partial charge in [0.15, 0.2) is 6.61 Å². The lowest BCUT2D eigenvalue weighted by atomic mass is 9.98. The number of carbonyl (C=O) groups excluding carboxylic acids is 1. The second kappa shape index (κ2) is 7.39. The Kier molecular flexibility index (Phi) is 4.78. The summed E-state index contributed by atoms with van der Waals surface area (Å²) in [5, 5.41) is 1.91. The molecule has 0 saturated heterocycles. The standard InChI is InChI=1S/C24H22O4/c1-15(2)19-10-8-17(12-16(19)3)26-14-24(25)27-18-9-11-23-21(13-18)20-6-4-5-7-22(20)28-23/h4-13,15H,14H2,1-3H3. The molecule has 0 N–H and O–H groups in total. The molecular formula is C24H22O4. The highest BCUT2D eigenvalue weighted by Crippen LogP contribution is 2.31. The summed E-state index contributed by atoms with van der Waals surface area (Å²) < 4.78 is 16.8. The van der Waals surface area contributed by atoms with Crippen molar-refractivity contribution in [3.63, 3.8) is 0 Å². The molecule has 0 aliphatic heterocycles. The van der Waals surface area contributed by atoms with Crippen LogP contribution >= 0.6 is 0 Å². The van der Waals surface area contributed by atoms with E-state index in [1.54, 1.807) is 6.07 Å². The summed E-state index contributed by atoms with van der Waals surface area (Å²) in [6.45, 7) is 6.20. The summed E-state index contributed by atoms with van der Waals surface area (Å²) in [6, 6.07) is 19.0. The molecule has 1 heterocycles. The fourth-order valence-corrected chi connectivity index (χ4v) is 3.46. The second-order valence-corrected chi connectivity index (χ2v) is 7.19. The number of aryl methyl sites for hydroxylation is 1. The van der Waals surface area contributed by atoms with Crippen molar-refractivity contribution >= 4 is 27.9 Å². The van der Waals surface area contributed by atoms with Crippen LogP contribution in [0.5, 0.6) is 11.5 Å². The summed E-state index contributed by atoms with van der Waals surface area (Å²) in [5.74, 6) is 1.14. The Bertz CT molecular complexity index is 1150. The van der Waals surface area contributed by atoms with Gasteiger partial charge in [-0.05, 0) is 60.4 Å². The number of rotatable bonds is 5. The van der Waals surface area contributed by atoms with Crippen LogP contribution in [0.25, 0.3) is 21.9 Å². The average Bonchev–Trinajstić information content (AvgIpc) is 3.04. The Labute approximate surface area is 163 Å². The van der Waals surface area contributed by atoms with Gasteiger partial charge < -0.3 is 13.9 Å². The summed E-state index contributed by atoms with van der Waals surface area (Å²) in [6.07, 6.45) is 0. The van der Waals surface area contributed by atoms with Crippen molar-refractivity contribution < 1.29 is 18.7 Å². The Hall–Kier alpha value is -3.27. The van der Waals surface area contributed by atoms with Crippen molar-refractivity contribution in [1.29, 1.82) is 0 Å². The van der Waals surface area contributed by atoms with Crippen molar-refractivity contribution in [1.82, 2.24) is 0 Å². The molecule has 142 valence electrons. The second-order valence-electron chi connectivity index (χ2n) is 7.19. The molecular weight excluding hydrogens is 352 g/mol. The zero-order chi connectivity index (χ0) is 19.7. The van der Waals surface area contributed by atoms with Crippen LogP contribution in [0.15, 0.2) is 65.1 Å². The minimum Gasteiger partial charge on any atom is -0.482 e. The van der Waals surface area contributed by atoms with Gasteiger partial charge in [0.25, 0.3) is 0 Å². The molecule has 0 fully saturated rings. The lowest BCUT2D eigenvalue weighted by Gasteiger charge is -2.12. The van der Waals surface area contributed by atoms with E-state index in [0.717, 1.165) is 27.5 Å². The smallest absolute Gasteiger partial charge is 0.349 e. The first-order valence-electron chi connectivity index (χ1n) is 9.36. The molecule has 1 aromatic heterocycles. The molecule has 0 spiro atoms. The maximum Gasteiger partial charge on any atom is 0.349 e. The summed E-state index contributed by atoms with van der Waals surface area (Å²) in [4.78, 5) is 12.2. The third-order valence-electron chi connectivity index (χ3n) is 4.80. The average molecular weight is 374 g/mol. The monoisotopic (exact) mass is 374 g/mol. The van der Waals surface area contributed by atoms with Crippen molar-refractivity contribution in [2.75, 3.05) is 6.61 Å². The topological polar surface area (TPSA) is 48.7 Å². The molecule has 3 aromatic carbocycles. The van der Waals surface area contributed by atoms with Gasteiger partial charge in [-0.3, -0.25) is 0 Å². The Balaban J connectivity index is 1.45. The molecule has 0 aliphatic rings. The fraction of sp³-hybridized carbons (Fsp3) is 0.208. The molecule has 0 bridgehead atoms. The molecule has 28 heavy (non-hydrogen) atoms. The van der Waals surface area contributed by atoms with Crippen LogP contribution in [0.2, 0.25) is 0 Å². The molecule has 4 rings (SSSR count). The summed E-state index contributed by atoms with van der Waals surface area (Å²) in [5.41, 5.74) is 4.00. The SMILES string of the molecule is Cc1cc(OCC(=O)Oc2ccc3oc4ccccc4c3c2)ccc1C(C)C. The first-order chi connectivity index (χ1) is 13.5. The zero-order valence-corrected chi connectivity index (χ0v) is 16.2. The predicted molar refractivity (Wildman–Crippen MR) is 110 cm³/mol. The van der Waals surface area contributed by atoms with Crippen molar-refractivity contribution in [3.8, 4) is 11.5 Å². The number of benzene rings is 3. The van der Waals surface area contributed by atoms with E-state index < -0.39 is 5.97 Å². The number of furan rings is 1. The molecule has 4 heteroatoms. The fourth-order valence-electron chi connectivity index (χ4n) is 3.46. The molecule has 0 amide bonds. The highest BCUT2D eigenvalue weighted by molar-refractivity contribution is 6.05. The number of fused-ring (bicyclic) bond motifs is 3. The van der Waals surface area contributed by atoms with Gasteiger partial charge in [-0.25, -0.2) is 4.79 Å². The van der Waals surface area contributed by atoms with Crippen LogP contribution in [-0.2, 0) is 4.79 Å². The number of esters is 1. The third-order valence-corrected chi connectivity index (χ3v) is 4.80. The van der Waals surface area contributed by atoms with Gasteiger partial charge in [0.1, 0.15) is 22.7 Å². The van der Waals surface area contributed by atoms with Crippen LogP contribution in [0, 0.1) is 6.92 Å². The van der Waals surface area contributed by atoms with Crippen LogP contribution in [0.1, 0.15) is 30.9 Å². The Morgan fingerprint density at radius 3 is 2.46 bits per heavy atom. The molecule has 0 radical (unpaired) electrons. The van der Waals surface area contributed by atoms with Gasteiger partial charge in [-0.1, -0.05) is 38.1 Å². The maximum absolute atomic E-state index is 12.2. The minimum atomic E-state index is -0.447. The summed E-state index contributed by atoms with van der Waals surface area (Å²) >= 11 is 0. The predicted octanol–water partition coefficient (Wildman–Crippen LogP) is 6.00. The molecule has 0 atom stereocenters. The highest BCUT2D eigenvalue weighted by atomic mass is 16.6. The number of carbonyl (C=O) groups is 1. The Morgan fingerprint density at radius 2 is 1.68 bits per heavy atom. The lowest BCUT2D eigenvalue weighted by Crippen LogP contribution is -2.17. The van der Waals surface area contributed by atoms with Gasteiger partial charge in [-0.15, -0.1) is 0 Å². The molecule has 0 saturated carbocycles. The first kappa shape index (κ1) is 18.1. The van der Waals surface area contributed by atoms with E-state index in [4.69, 9.17) is 13.9 Å². The largest absolute Gasteiger partial charge is 0.482 e. The maximum atomic E-state index is 12.2. The van der Waals surface area contributed by atoms with E-state index in [0.29, 0.717) is 17.4 Å². The van der Waals surface area contributed by atoms with Gasteiger partial charge in [-0.2, -0.15) is 0 Å². The van der Waals surface area contributed by atoms with Crippen molar-refractivity contribution in [3.05, 3.63) is 71.8 Å². The Morgan fingerprint density at radius 1 is 0.929 bits per heavy atom. The van der Waals surface area contributed by atoms with E-state index in [1.807, 2.05) is 61.5 Å². The van der Waals surface area contributed by atoms with Crippen LogP contribution in [0.4, 0.5) is 0 Å². The molecule has 4 nitrogen and oxygen atoms in total. The van der Waals surface area contributed by atoms with Gasteiger partial charge >= 0.3 is 5.97 Å². The number of hydrogen-bond donors (Lipinski definition) is 0. The quantitative estimate of drug-likeness (QED) is 0.317. The zero-order valence-electron chi connectivity index (χ0n) is 16.2. The van der Waals surface area contributed by atoms with Gasteiger partial charge in [0.2, 0.25) is 0 Å². The minimum absolute atomic E-state index is 0.148. The van der Waals surface area contributed by atoms with Gasteiger partial charge in [0.05, 0.1) is 0 Å². The lowest BCUT2D eigenvalue weighted by molar-refractivity contribution is -0.136. The van der Waals surface area contributed by atoms with E-state index in [-0.39, 0.29) is 6.61 Å². The van der Waals surface area contributed by atoms with E-state index in [1.165, 1.54) is 5.56 Å². The number of hydrogen-bond acceptors (Lipinski definition) is 4. The normalized spacial score (nSPS) is 11.3. The van der Waals surface area contributed by atoms with Gasteiger partial charge in [0, 0.05) is 10.8 Å². The van der Waals surface area contributed by atoms with E-state index in [2.05, 4.69) is 13.8 Å². The van der Waals surface area contributed by atoms with Crippen LogP contribution in [-0.4, -0.2) is 12.6 Å². The molecule has 0 aliphatic carbocycles. The van der Waals surface area contributed by atoms with Crippen molar-refractivity contribution in [2.45, 2.75) is 26.7 Å². The highest BCUT2D eigenvalue weighted by Gasteiger charge is 2.11. The van der Waals surface area contributed by atoms with E-state index >= 15 is 0 Å². The number of para-hydroxylation sites is 1. The third kappa shape index (κ3) is 3.58. The first-order valence-corrected chi connectivity index (χ1v) is 9.36.